The number of hydrogen-bond donors (Lipinski definition) is 1. The van der Waals surface area contributed by atoms with E-state index in [4.69, 9.17) is 0 Å². The Labute approximate surface area is 135 Å². The fourth-order valence-corrected chi connectivity index (χ4v) is 3.31. The van der Waals surface area contributed by atoms with E-state index < -0.39 is 0 Å². The second-order valence-electron chi connectivity index (χ2n) is 5.82. The Bertz CT molecular complexity index is 754. The SMILES string of the molecule is CSc1nc2c(c(=O)[nH]1)CN(Cc1cccc(C)c1C)CC2. The smallest absolute Gasteiger partial charge is 0.256 e. The number of aromatic amines is 1. The molecule has 3 rings (SSSR count). The summed E-state index contributed by atoms with van der Waals surface area (Å²) in [6, 6.07) is 6.43. The van der Waals surface area contributed by atoms with Gasteiger partial charge in [0.2, 0.25) is 0 Å². The molecule has 0 spiro atoms. The molecule has 0 bridgehead atoms. The zero-order valence-corrected chi connectivity index (χ0v) is 14.1. The molecule has 0 radical (unpaired) electrons. The van der Waals surface area contributed by atoms with Gasteiger partial charge in [-0.15, -0.1) is 0 Å². The van der Waals surface area contributed by atoms with Gasteiger partial charge in [0.1, 0.15) is 0 Å². The third-order valence-electron chi connectivity index (χ3n) is 4.43. The third-order valence-corrected chi connectivity index (χ3v) is 5.01. The van der Waals surface area contributed by atoms with Gasteiger partial charge in [-0.05, 0) is 36.8 Å². The Balaban J connectivity index is 1.83. The van der Waals surface area contributed by atoms with Crippen LogP contribution < -0.4 is 5.56 Å². The van der Waals surface area contributed by atoms with Crippen molar-refractivity contribution in [3.8, 4) is 0 Å². The maximum Gasteiger partial charge on any atom is 0.256 e. The fraction of sp³-hybridized carbons (Fsp3) is 0.412. The molecule has 0 atom stereocenters. The summed E-state index contributed by atoms with van der Waals surface area (Å²) in [6.07, 6.45) is 2.78. The first-order valence-corrected chi connectivity index (χ1v) is 8.74. The van der Waals surface area contributed by atoms with Crippen LogP contribution >= 0.6 is 11.8 Å². The topological polar surface area (TPSA) is 49.0 Å². The van der Waals surface area contributed by atoms with Gasteiger partial charge in [0.25, 0.3) is 5.56 Å². The van der Waals surface area contributed by atoms with E-state index in [0.29, 0.717) is 11.7 Å². The number of hydrogen-bond acceptors (Lipinski definition) is 4. The lowest BCUT2D eigenvalue weighted by molar-refractivity contribution is 0.240. The fourth-order valence-electron chi connectivity index (χ4n) is 2.91. The van der Waals surface area contributed by atoms with Gasteiger partial charge in [0, 0.05) is 26.1 Å². The molecule has 0 unspecified atom stereocenters. The van der Waals surface area contributed by atoms with E-state index >= 15 is 0 Å². The molecule has 116 valence electrons. The molecule has 1 aliphatic rings. The first-order chi connectivity index (χ1) is 10.6. The summed E-state index contributed by atoms with van der Waals surface area (Å²) in [5.74, 6) is 0. The van der Waals surface area contributed by atoms with E-state index in [-0.39, 0.29) is 5.56 Å². The lowest BCUT2D eigenvalue weighted by atomic mass is 10.0. The van der Waals surface area contributed by atoms with Crippen molar-refractivity contribution in [2.75, 3.05) is 12.8 Å². The zero-order chi connectivity index (χ0) is 15.7. The van der Waals surface area contributed by atoms with E-state index in [9.17, 15) is 4.79 Å². The lowest BCUT2D eigenvalue weighted by Crippen LogP contribution is -2.35. The minimum absolute atomic E-state index is 0.0139. The van der Waals surface area contributed by atoms with Crippen LogP contribution in [0, 0.1) is 13.8 Å². The van der Waals surface area contributed by atoms with E-state index in [1.54, 1.807) is 0 Å². The quantitative estimate of drug-likeness (QED) is 0.699. The van der Waals surface area contributed by atoms with Crippen molar-refractivity contribution in [2.45, 2.75) is 38.5 Å². The molecule has 4 nitrogen and oxygen atoms in total. The molecular weight excluding hydrogens is 294 g/mol. The van der Waals surface area contributed by atoms with Crippen LogP contribution in [0.3, 0.4) is 0 Å². The number of rotatable bonds is 3. The van der Waals surface area contributed by atoms with Crippen LogP contribution in [0.2, 0.25) is 0 Å². The number of aromatic nitrogens is 2. The Hall–Kier alpha value is -1.59. The number of nitrogens with zero attached hydrogens (tertiary/aromatic N) is 2. The lowest BCUT2D eigenvalue weighted by Gasteiger charge is -2.28. The first-order valence-electron chi connectivity index (χ1n) is 7.52. The van der Waals surface area contributed by atoms with Crippen LogP contribution in [0.4, 0.5) is 0 Å². The molecule has 1 aliphatic heterocycles. The summed E-state index contributed by atoms with van der Waals surface area (Å²) in [5.41, 5.74) is 5.81. The number of H-pyrrole nitrogens is 1. The van der Waals surface area contributed by atoms with Gasteiger partial charge in [-0.3, -0.25) is 9.69 Å². The van der Waals surface area contributed by atoms with Crippen molar-refractivity contribution in [3.63, 3.8) is 0 Å². The van der Waals surface area contributed by atoms with Gasteiger partial charge in [0.05, 0.1) is 11.3 Å². The average Bonchev–Trinajstić information content (AvgIpc) is 2.52. The average molecular weight is 315 g/mol. The molecule has 1 aromatic heterocycles. The van der Waals surface area contributed by atoms with Gasteiger partial charge in [-0.2, -0.15) is 0 Å². The molecule has 1 aromatic carbocycles. The van der Waals surface area contributed by atoms with Crippen molar-refractivity contribution in [1.82, 2.24) is 14.9 Å². The summed E-state index contributed by atoms with van der Waals surface area (Å²) in [4.78, 5) is 22.0. The van der Waals surface area contributed by atoms with Gasteiger partial charge < -0.3 is 4.98 Å². The Kier molecular flexibility index (Phi) is 4.36. The summed E-state index contributed by atoms with van der Waals surface area (Å²) >= 11 is 1.48. The molecule has 1 N–H and O–H groups in total. The van der Waals surface area contributed by atoms with Crippen LogP contribution in [-0.2, 0) is 19.5 Å². The second-order valence-corrected chi connectivity index (χ2v) is 6.62. The highest BCUT2D eigenvalue weighted by atomic mass is 32.2. The number of thioether (sulfide) groups is 1. The monoisotopic (exact) mass is 315 g/mol. The first kappa shape index (κ1) is 15.3. The highest BCUT2D eigenvalue weighted by Crippen LogP contribution is 2.20. The summed E-state index contributed by atoms with van der Waals surface area (Å²) < 4.78 is 0. The van der Waals surface area contributed by atoms with E-state index in [1.165, 1.54) is 28.5 Å². The Morgan fingerprint density at radius 1 is 1.36 bits per heavy atom. The molecule has 0 amide bonds. The molecule has 5 heteroatoms. The number of benzene rings is 1. The summed E-state index contributed by atoms with van der Waals surface area (Å²) in [7, 11) is 0. The molecule has 0 saturated heterocycles. The minimum atomic E-state index is 0.0139. The maximum atomic E-state index is 12.2. The van der Waals surface area contributed by atoms with Crippen molar-refractivity contribution < 1.29 is 0 Å². The number of nitrogens with one attached hydrogen (secondary N) is 1. The molecule has 22 heavy (non-hydrogen) atoms. The molecule has 0 saturated carbocycles. The number of aryl methyl sites for hydroxylation is 1. The maximum absolute atomic E-state index is 12.2. The molecular formula is C17H21N3OS. The van der Waals surface area contributed by atoms with Crippen molar-refractivity contribution in [1.29, 1.82) is 0 Å². The van der Waals surface area contributed by atoms with Gasteiger partial charge >= 0.3 is 0 Å². The molecule has 2 heterocycles. The number of fused-ring (bicyclic) bond motifs is 1. The van der Waals surface area contributed by atoms with Crippen LogP contribution in [0.15, 0.2) is 28.2 Å². The predicted molar refractivity (Wildman–Crippen MR) is 90.4 cm³/mol. The van der Waals surface area contributed by atoms with Gasteiger partial charge in [-0.25, -0.2) is 4.98 Å². The van der Waals surface area contributed by atoms with E-state index in [1.807, 2.05) is 6.26 Å². The summed E-state index contributed by atoms with van der Waals surface area (Å²) in [5, 5.41) is 0.715. The highest BCUT2D eigenvalue weighted by Gasteiger charge is 2.21. The Morgan fingerprint density at radius 3 is 2.95 bits per heavy atom. The summed E-state index contributed by atoms with van der Waals surface area (Å²) in [6.45, 7) is 6.83. The molecule has 2 aromatic rings. The van der Waals surface area contributed by atoms with Crippen LogP contribution in [-0.4, -0.2) is 27.7 Å². The largest absolute Gasteiger partial charge is 0.301 e. The minimum Gasteiger partial charge on any atom is -0.301 e. The van der Waals surface area contributed by atoms with Gasteiger partial charge in [0.15, 0.2) is 5.16 Å². The van der Waals surface area contributed by atoms with E-state index in [0.717, 1.165) is 30.8 Å². The van der Waals surface area contributed by atoms with Crippen molar-refractivity contribution in [3.05, 3.63) is 56.5 Å². The van der Waals surface area contributed by atoms with Crippen molar-refractivity contribution >= 4 is 11.8 Å². The van der Waals surface area contributed by atoms with Crippen molar-refractivity contribution in [2.24, 2.45) is 0 Å². The van der Waals surface area contributed by atoms with Crippen LogP contribution in [0.25, 0.3) is 0 Å². The molecule has 0 fully saturated rings. The molecule has 0 aliphatic carbocycles. The standard InChI is InChI=1S/C17H21N3OS/c1-11-5-4-6-13(12(11)2)9-20-8-7-15-14(10-20)16(21)19-17(18-15)22-3/h4-6H,7-10H2,1-3H3,(H,18,19,21). The Morgan fingerprint density at radius 2 is 2.18 bits per heavy atom. The van der Waals surface area contributed by atoms with Gasteiger partial charge in [-0.1, -0.05) is 30.0 Å². The van der Waals surface area contributed by atoms with Crippen LogP contribution in [0.1, 0.15) is 27.9 Å². The third kappa shape index (κ3) is 2.96. The zero-order valence-electron chi connectivity index (χ0n) is 13.3. The highest BCUT2D eigenvalue weighted by molar-refractivity contribution is 7.98. The normalized spacial score (nSPS) is 14.9. The predicted octanol–water partition coefficient (Wildman–Crippen LogP) is 2.67. The second kappa shape index (κ2) is 6.26. The van der Waals surface area contributed by atoms with E-state index in [2.05, 4.69) is 46.9 Å². The van der Waals surface area contributed by atoms with Crippen LogP contribution in [0.5, 0.6) is 0 Å².